The monoisotopic (exact) mass is 429 g/mol. The van der Waals surface area contributed by atoms with E-state index in [1.165, 1.54) is 33.5 Å². The van der Waals surface area contributed by atoms with E-state index in [4.69, 9.17) is 14.2 Å². The molecule has 168 valence electrons. The standard InChI is InChI=1S/C24H31NO6/c1-29-20-4-3-18(10-21(20)30-2)19(26)14-31-22(27)5-6-25-23(28)24-11-15-7-16(12-24)9-17(8-15)13-24/h3-4,10,15-17H,5-9,11-14H2,1-2H3,(H,25,28). The van der Waals surface area contributed by atoms with Crippen molar-refractivity contribution in [2.24, 2.45) is 23.2 Å². The third-order valence-electron chi connectivity index (χ3n) is 7.20. The van der Waals surface area contributed by atoms with Crippen molar-refractivity contribution in [3.8, 4) is 11.5 Å². The van der Waals surface area contributed by atoms with Crippen LogP contribution in [0.1, 0.15) is 55.3 Å². The number of benzene rings is 1. The first-order valence-corrected chi connectivity index (χ1v) is 11.1. The van der Waals surface area contributed by atoms with Gasteiger partial charge < -0.3 is 19.5 Å². The van der Waals surface area contributed by atoms with Gasteiger partial charge in [-0.2, -0.15) is 0 Å². The van der Waals surface area contributed by atoms with Crippen LogP contribution in [0.2, 0.25) is 0 Å². The van der Waals surface area contributed by atoms with Crippen LogP contribution in [0.15, 0.2) is 18.2 Å². The van der Waals surface area contributed by atoms with E-state index in [1.807, 2.05) is 0 Å². The molecule has 5 rings (SSSR count). The summed E-state index contributed by atoms with van der Waals surface area (Å²) in [6.07, 6.45) is 6.89. The van der Waals surface area contributed by atoms with Gasteiger partial charge in [0.2, 0.25) is 5.91 Å². The maximum absolute atomic E-state index is 12.9. The molecule has 0 aliphatic heterocycles. The van der Waals surface area contributed by atoms with E-state index in [0.717, 1.165) is 19.3 Å². The summed E-state index contributed by atoms with van der Waals surface area (Å²) < 4.78 is 15.5. The number of amides is 1. The molecular formula is C24H31NO6. The Morgan fingerprint density at radius 3 is 2.16 bits per heavy atom. The molecule has 0 unspecified atom stereocenters. The van der Waals surface area contributed by atoms with Gasteiger partial charge in [0.25, 0.3) is 0 Å². The van der Waals surface area contributed by atoms with Gasteiger partial charge >= 0.3 is 5.97 Å². The third-order valence-corrected chi connectivity index (χ3v) is 7.20. The van der Waals surface area contributed by atoms with E-state index >= 15 is 0 Å². The first-order chi connectivity index (χ1) is 14.9. The summed E-state index contributed by atoms with van der Waals surface area (Å²) in [7, 11) is 3.01. The van der Waals surface area contributed by atoms with E-state index in [1.54, 1.807) is 18.2 Å². The van der Waals surface area contributed by atoms with Gasteiger partial charge in [0, 0.05) is 17.5 Å². The first-order valence-electron chi connectivity index (χ1n) is 11.1. The third kappa shape index (κ3) is 4.55. The van der Waals surface area contributed by atoms with Crippen molar-refractivity contribution in [2.45, 2.75) is 44.9 Å². The van der Waals surface area contributed by atoms with Crippen molar-refractivity contribution in [2.75, 3.05) is 27.4 Å². The van der Waals surface area contributed by atoms with Gasteiger partial charge in [-0.3, -0.25) is 14.4 Å². The fourth-order valence-corrected chi connectivity index (χ4v) is 6.17. The minimum absolute atomic E-state index is 0.0529. The molecule has 0 aromatic heterocycles. The number of ketones is 1. The van der Waals surface area contributed by atoms with Crippen molar-refractivity contribution in [3.63, 3.8) is 0 Å². The Labute approximate surface area is 182 Å². The van der Waals surface area contributed by atoms with E-state index in [-0.39, 0.29) is 36.7 Å². The van der Waals surface area contributed by atoms with Gasteiger partial charge in [0.05, 0.1) is 20.6 Å². The van der Waals surface area contributed by atoms with Crippen LogP contribution in [0, 0.1) is 23.2 Å². The SMILES string of the molecule is COc1ccc(C(=O)COC(=O)CCNC(=O)C23CC4CC(CC(C4)C2)C3)cc1OC. The van der Waals surface area contributed by atoms with Crippen LogP contribution < -0.4 is 14.8 Å². The Balaban J connectivity index is 1.21. The quantitative estimate of drug-likeness (QED) is 0.479. The summed E-state index contributed by atoms with van der Waals surface area (Å²) >= 11 is 0. The van der Waals surface area contributed by atoms with Gasteiger partial charge in [-0.25, -0.2) is 0 Å². The molecule has 1 amide bonds. The molecule has 7 nitrogen and oxygen atoms in total. The number of Topliss-reactive ketones (excluding diaryl/α,β-unsaturated/α-hetero) is 1. The number of carbonyl (C=O) groups excluding carboxylic acids is 3. The normalized spacial score (nSPS) is 28.1. The molecule has 4 aliphatic rings. The highest BCUT2D eigenvalue weighted by Crippen LogP contribution is 2.60. The predicted octanol–water partition coefficient (Wildman–Crippen LogP) is 3.15. The molecule has 4 aliphatic carbocycles. The number of nitrogens with one attached hydrogen (secondary N) is 1. The molecule has 4 bridgehead atoms. The summed E-state index contributed by atoms with van der Waals surface area (Å²) in [5, 5.41) is 2.96. The lowest BCUT2D eigenvalue weighted by Gasteiger charge is -2.55. The molecule has 4 saturated carbocycles. The maximum atomic E-state index is 12.9. The van der Waals surface area contributed by atoms with Gasteiger partial charge in [-0.15, -0.1) is 0 Å². The summed E-state index contributed by atoms with van der Waals surface area (Å²) in [6.45, 7) is -0.110. The molecule has 0 heterocycles. The molecular weight excluding hydrogens is 398 g/mol. The Kier molecular flexibility index (Phi) is 6.21. The fraction of sp³-hybridized carbons (Fsp3) is 0.625. The minimum Gasteiger partial charge on any atom is -0.493 e. The zero-order chi connectivity index (χ0) is 22.0. The average Bonchev–Trinajstić information content (AvgIpc) is 2.75. The maximum Gasteiger partial charge on any atom is 0.308 e. The number of hydrogen-bond acceptors (Lipinski definition) is 6. The molecule has 0 saturated heterocycles. The van der Waals surface area contributed by atoms with E-state index < -0.39 is 5.97 Å². The topological polar surface area (TPSA) is 90.9 Å². The smallest absolute Gasteiger partial charge is 0.308 e. The van der Waals surface area contributed by atoms with Crippen molar-refractivity contribution >= 4 is 17.7 Å². The number of rotatable bonds is 9. The molecule has 1 aromatic carbocycles. The lowest BCUT2D eigenvalue weighted by atomic mass is 9.49. The number of methoxy groups -OCH3 is 2. The van der Waals surface area contributed by atoms with Crippen LogP contribution >= 0.6 is 0 Å². The highest BCUT2D eigenvalue weighted by Gasteiger charge is 2.54. The zero-order valence-corrected chi connectivity index (χ0v) is 18.3. The molecule has 0 atom stereocenters. The Morgan fingerprint density at radius 1 is 0.968 bits per heavy atom. The van der Waals surface area contributed by atoms with Crippen LogP contribution in [-0.2, 0) is 14.3 Å². The molecule has 1 aromatic rings. The summed E-state index contributed by atoms with van der Waals surface area (Å²) in [4.78, 5) is 37.3. The Morgan fingerprint density at radius 2 is 1.58 bits per heavy atom. The minimum atomic E-state index is -0.500. The number of esters is 1. The molecule has 1 N–H and O–H groups in total. The summed E-state index contributed by atoms with van der Waals surface area (Å²) in [5.74, 6) is 2.32. The second kappa shape index (κ2) is 8.89. The second-order valence-corrected chi connectivity index (χ2v) is 9.36. The second-order valence-electron chi connectivity index (χ2n) is 9.36. The average molecular weight is 430 g/mol. The van der Waals surface area contributed by atoms with Crippen LogP contribution in [-0.4, -0.2) is 45.0 Å². The van der Waals surface area contributed by atoms with Gasteiger partial charge in [0.1, 0.15) is 0 Å². The van der Waals surface area contributed by atoms with Crippen LogP contribution in [0.4, 0.5) is 0 Å². The molecule has 0 radical (unpaired) electrons. The van der Waals surface area contributed by atoms with E-state index in [2.05, 4.69) is 5.32 Å². The van der Waals surface area contributed by atoms with Crippen LogP contribution in [0.25, 0.3) is 0 Å². The number of ether oxygens (including phenoxy) is 3. The van der Waals surface area contributed by atoms with Gasteiger partial charge in [-0.1, -0.05) is 0 Å². The fourth-order valence-electron chi connectivity index (χ4n) is 6.17. The Bertz CT molecular complexity index is 828. The first kappa shape index (κ1) is 21.7. The highest BCUT2D eigenvalue weighted by molar-refractivity contribution is 5.98. The van der Waals surface area contributed by atoms with Crippen LogP contribution in [0.5, 0.6) is 11.5 Å². The number of carbonyl (C=O) groups is 3. The zero-order valence-electron chi connectivity index (χ0n) is 18.3. The van der Waals surface area contributed by atoms with Gasteiger partial charge in [-0.05, 0) is 74.5 Å². The Hall–Kier alpha value is -2.57. The molecule has 7 heteroatoms. The highest BCUT2D eigenvalue weighted by atomic mass is 16.5. The number of hydrogen-bond donors (Lipinski definition) is 1. The molecule has 0 spiro atoms. The van der Waals surface area contributed by atoms with Gasteiger partial charge in [0.15, 0.2) is 23.9 Å². The van der Waals surface area contributed by atoms with Crippen LogP contribution in [0.3, 0.4) is 0 Å². The molecule has 31 heavy (non-hydrogen) atoms. The predicted molar refractivity (Wildman–Crippen MR) is 113 cm³/mol. The van der Waals surface area contributed by atoms with E-state index in [0.29, 0.717) is 34.8 Å². The molecule has 4 fully saturated rings. The lowest BCUT2D eigenvalue weighted by molar-refractivity contribution is -0.147. The van der Waals surface area contributed by atoms with Crippen molar-refractivity contribution in [3.05, 3.63) is 23.8 Å². The van der Waals surface area contributed by atoms with Crippen molar-refractivity contribution < 1.29 is 28.6 Å². The van der Waals surface area contributed by atoms with Crippen molar-refractivity contribution in [1.29, 1.82) is 0 Å². The van der Waals surface area contributed by atoms with E-state index in [9.17, 15) is 14.4 Å². The largest absolute Gasteiger partial charge is 0.493 e. The van der Waals surface area contributed by atoms with Crippen molar-refractivity contribution in [1.82, 2.24) is 5.32 Å². The summed E-state index contributed by atoms with van der Waals surface area (Å²) in [5.41, 5.74) is 0.155. The lowest BCUT2D eigenvalue weighted by Crippen LogP contribution is -2.53. The summed E-state index contributed by atoms with van der Waals surface area (Å²) in [6, 6.07) is 4.79.